The fourth-order valence-corrected chi connectivity index (χ4v) is 2.96. The predicted octanol–water partition coefficient (Wildman–Crippen LogP) is 3.99. The summed E-state index contributed by atoms with van der Waals surface area (Å²) in [6.07, 6.45) is 9.84. The van der Waals surface area contributed by atoms with Crippen LogP contribution in [0.5, 0.6) is 0 Å². The normalized spacial score (nSPS) is 15.7. The molecule has 0 unspecified atom stereocenters. The first-order valence-electron chi connectivity index (χ1n) is 7.20. The second kappa shape index (κ2) is 8.10. The monoisotopic (exact) mass is 336 g/mol. The number of urea groups is 1. The van der Waals surface area contributed by atoms with Gasteiger partial charge in [0.25, 0.3) is 0 Å². The lowest BCUT2D eigenvalue weighted by atomic mass is 10.1. The van der Waals surface area contributed by atoms with E-state index in [2.05, 4.69) is 38.7 Å². The summed E-state index contributed by atoms with van der Waals surface area (Å²) in [6, 6.07) is 7.93. The molecule has 0 aromatic heterocycles. The molecule has 0 spiro atoms. The lowest BCUT2D eigenvalue weighted by molar-refractivity contribution is 0.244. The number of carbonyl (C=O) groups excluding carboxylic acids is 1. The van der Waals surface area contributed by atoms with Crippen LogP contribution in [0.4, 0.5) is 4.79 Å². The van der Waals surface area contributed by atoms with Crippen LogP contribution >= 0.6 is 15.9 Å². The Labute approximate surface area is 129 Å². The first-order chi connectivity index (χ1) is 9.75. The maximum Gasteiger partial charge on any atom is 0.318 e. The van der Waals surface area contributed by atoms with Gasteiger partial charge >= 0.3 is 6.03 Å². The van der Waals surface area contributed by atoms with Gasteiger partial charge in [-0.1, -0.05) is 53.0 Å². The van der Waals surface area contributed by atoms with Gasteiger partial charge in [-0.3, -0.25) is 0 Å². The molecule has 2 N–H and O–H groups in total. The molecular weight excluding hydrogens is 316 g/mol. The van der Waals surface area contributed by atoms with Gasteiger partial charge in [-0.25, -0.2) is 4.79 Å². The standard InChI is InChI=1S/C16H21BrN2O/c17-15-8-4-3-7-14(15)10-12-19-16(20)18-11-9-13-5-1-2-6-13/h3-4,7-9,11,13H,1-2,5-6,10,12H2,(H2,18,19,20)/b11-9+. The van der Waals surface area contributed by atoms with Gasteiger partial charge in [0.2, 0.25) is 0 Å². The highest BCUT2D eigenvalue weighted by atomic mass is 79.9. The van der Waals surface area contributed by atoms with Crippen LogP contribution in [0, 0.1) is 5.92 Å². The number of hydrogen-bond acceptors (Lipinski definition) is 1. The highest BCUT2D eigenvalue weighted by molar-refractivity contribution is 9.10. The fraction of sp³-hybridized carbons (Fsp3) is 0.438. The van der Waals surface area contributed by atoms with E-state index in [9.17, 15) is 4.79 Å². The van der Waals surface area contributed by atoms with Crippen LogP contribution in [-0.2, 0) is 6.42 Å². The summed E-state index contributed by atoms with van der Waals surface area (Å²) in [4.78, 5) is 11.6. The summed E-state index contributed by atoms with van der Waals surface area (Å²) in [7, 11) is 0. The number of nitrogens with one attached hydrogen (secondary N) is 2. The molecule has 0 atom stereocenters. The van der Waals surface area contributed by atoms with E-state index in [4.69, 9.17) is 0 Å². The molecule has 0 saturated heterocycles. The van der Waals surface area contributed by atoms with Crippen molar-refractivity contribution in [3.8, 4) is 0 Å². The number of amides is 2. The highest BCUT2D eigenvalue weighted by Gasteiger charge is 2.11. The van der Waals surface area contributed by atoms with Crippen molar-refractivity contribution in [1.82, 2.24) is 10.6 Å². The molecule has 1 saturated carbocycles. The second-order valence-electron chi connectivity index (χ2n) is 5.15. The lowest BCUT2D eigenvalue weighted by Gasteiger charge is -2.07. The largest absolute Gasteiger partial charge is 0.338 e. The third-order valence-electron chi connectivity index (χ3n) is 3.62. The van der Waals surface area contributed by atoms with Gasteiger partial charge in [-0.15, -0.1) is 0 Å². The number of halogens is 1. The first-order valence-corrected chi connectivity index (χ1v) is 7.99. The molecule has 0 bridgehead atoms. The Kier molecular flexibility index (Phi) is 6.12. The molecule has 4 heteroatoms. The molecule has 2 rings (SSSR count). The number of hydrogen-bond donors (Lipinski definition) is 2. The average molecular weight is 337 g/mol. The van der Waals surface area contributed by atoms with Gasteiger partial charge in [0.15, 0.2) is 0 Å². The molecule has 0 aliphatic heterocycles. The van der Waals surface area contributed by atoms with Gasteiger partial charge in [0.1, 0.15) is 0 Å². The maximum atomic E-state index is 11.6. The molecule has 2 amide bonds. The first kappa shape index (κ1) is 15.1. The minimum atomic E-state index is -0.133. The zero-order valence-electron chi connectivity index (χ0n) is 11.6. The minimum Gasteiger partial charge on any atom is -0.338 e. The van der Waals surface area contributed by atoms with E-state index < -0.39 is 0 Å². The Morgan fingerprint density at radius 3 is 2.80 bits per heavy atom. The van der Waals surface area contributed by atoms with Crippen molar-refractivity contribution in [3.63, 3.8) is 0 Å². The van der Waals surface area contributed by atoms with Crippen molar-refractivity contribution in [2.45, 2.75) is 32.1 Å². The topological polar surface area (TPSA) is 41.1 Å². The van der Waals surface area contributed by atoms with Crippen LogP contribution in [-0.4, -0.2) is 12.6 Å². The Hall–Kier alpha value is -1.29. The number of benzene rings is 1. The Morgan fingerprint density at radius 2 is 2.05 bits per heavy atom. The third kappa shape index (κ3) is 5.00. The zero-order chi connectivity index (χ0) is 14.2. The Balaban J connectivity index is 1.64. The van der Waals surface area contributed by atoms with Crippen LogP contribution in [0.2, 0.25) is 0 Å². The molecule has 1 aromatic rings. The summed E-state index contributed by atoms with van der Waals surface area (Å²) in [5, 5.41) is 5.63. The van der Waals surface area contributed by atoms with Gasteiger partial charge < -0.3 is 10.6 Å². The molecule has 1 aromatic carbocycles. The summed E-state index contributed by atoms with van der Waals surface area (Å²) in [5.74, 6) is 0.649. The van der Waals surface area contributed by atoms with E-state index in [0.717, 1.165) is 10.9 Å². The third-order valence-corrected chi connectivity index (χ3v) is 4.39. The molecule has 0 heterocycles. The van der Waals surface area contributed by atoms with E-state index in [0.29, 0.717) is 12.5 Å². The van der Waals surface area contributed by atoms with Crippen molar-refractivity contribution in [2.24, 2.45) is 5.92 Å². The van der Waals surface area contributed by atoms with Gasteiger partial charge in [0, 0.05) is 17.2 Å². The Morgan fingerprint density at radius 1 is 1.30 bits per heavy atom. The van der Waals surface area contributed by atoms with Gasteiger partial charge in [-0.05, 0) is 36.8 Å². The quantitative estimate of drug-likeness (QED) is 0.838. The van der Waals surface area contributed by atoms with Crippen LogP contribution < -0.4 is 10.6 Å². The van der Waals surface area contributed by atoms with Crippen molar-refractivity contribution < 1.29 is 4.79 Å². The zero-order valence-corrected chi connectivity index (χ0v) is 13.2. The molecule has 0 radical (unpaired) electrons. The number of rotatable bonds is 5. The predicted molar refractivity (Wildman–Crippen MR) is 85.5 cm³/mol. The minimum absolute atomic E-state index is 0.133. The molecular formula is C16H21BrN2O. The van der Waals surface area contributed by atoms with Crippen LogP contribution in [0.15, 0.2) is 41.0 Å². The van der Waals surface area contributed by atoms with Gasteiger partial charge in [-0.2, -0.15) is 0 Å². The van der Waals surface area contributed by atoms with E-state index in [1.165, 1.54) is 31.2 Å². The summed E-state index contributed by atoms with van der Waals surface area (Å²) >= 11 is 3.50. The van der Waals surface area contributed by atoms with E-state index in [1.807, 2.05) is 18.2 Å². The van der Waals surface area contributed by atoms with Gasteiger partial charge in [0.05, 0.1) is 0 Å². The molecule has 20 heavy (non-hydrogen) atoms. The number of allylic oxidation sites excluding steroid dienone is 1. The lowest BCUT2D eigenvalue weighted by Crippen LogP contribution is -2.33. The van der Waals surface area contributed by atoms with Crippen LogP contribution in [0.3, 0.4) is 0 Å². The molecule has 1 fully saturated rings. The van der Waals surface area contributed by atoms with E-state index >= 15 is 0 Å². The smallest absolute Gasteiger partial charge is 0.318 e. The van der Waals surface area contributed by atoms with Crippen molar-refractivity contribution in [2.75, 3.05) is 6.54 Å². The summed E-state index contributed by atoms with van der Waals surface area (Å²) < 4.78 is 1.09. The molecule has 1 aliphatic carbocycles. The summed E-state index contributed by atoms with van der Waals surface area (Å²) in [5.41, 5.74) is 1.20. The number of carbonyl (C=O) groups is 1. The van der Waals surface area contributed by atoms with E-state index in [1.54, 1.807) is 6.20 Å². The molecule has 3 nitrogen and oxygen atoms in total. The van der Waals surface area contributed by atoms with Crippen molar-refractivity contribution in [3.05, 3.63) is 46.6 Å². The Bertz CT molecular complexity index is 467. The average Bonchev–Trinajstić information content (AvgIpc) is 2.94. The maximum absolute atomic E-state index is 11.6. The molecule has 108 valence electrons. The van der Waals surface area contributed by atoms with Crippen molar-refractivity contribution >= 4 is 22.0 Å². The molecule has 1 aliphatic rings. The fourth-order valence-electron chi connectivity index (χ4n) is 2.47. The van der Waals surface area contributed by atoms with Crippen molar-refractivity contribution in [1.29, 1.82) is 0 Å². The SMILES string of the molecule is O=C(N/C=C/C1CCCC1)NCCc1ccccc1Br. The second-order valence-corrected chi connectivity index (χ2v) is 6.00. The van der Waals surface area contributed by atoms with Crippen LogP contribution in [0.25, 0.3) is 0 Å². The van der Waals surface area contributed by atoms with Crippen LogP contribution in [0.1, 0.15) is 31.2 Å². The highest BCUT2D eigenvalue weighted by Crippen LogP contribution is 2.25. The van der Waals surface area contributed by atoms with E-state index in [-0.39, 0.29) is 6.03 Å². The summed E-state index contributed by atoms with van der Waals surface area (Å²) in [6.45, 7) is 0.631.